The van der Waals surface area contributed by atoms with E-state index in [4.69, 9.17) is 14.2 Å². The fourth-order valence-electron chi connectivity index (χ4n) is 3.91. The van der Waals surface area contributed by atoms with E-state index in [9.17, 15) is 9.18 Å². The Balaban J connectivity index is 1.37. The molecule has 0 bridgehead atoms. The van der Waals surface area contributed by atoms with Crippen molar-refractivity contribution < 1.29 is 23.4 Å². The molecule has 0 aromatic heterocycles. The first-order valence-electron chi connectivity index (χ1n) is 10.9. The number of halogens is 1. The monoisotopic (exact) mass is 450 g/mol. The average molecular weight is 451 g/mol. The van der Waals surface area contributed by atoms with E-state index in [-0.39, 0.29) is 18.0 Å². The van der Waals surface area contributed by atoms with E-state index in [0.29, 0.717) is 31.6 Å². The van der Waals surface area contributed by atoms with E-state index in [1.165, 1.54) is 12.1 Å². The first kappa shape index (κ1) is 22.5. The molecule has 1 N–H and O–H groups in total. The van der Waals surface area contributed by atoms with E-state index < -0.39 is 0 Å². The number of nitrogens with zero attached hydrogens (tertiary/aromatic N) is 1. The Morgan fingerprint density at radius 3 is 2.45 bits per heavy atom. The van der Waals surface area contributed by atoms with Crippen molar-refractivity contribution in [2.24, 2.45) is 0 Å². The Morgan fingerprint density at radius 1 is 0.939 bits per heavy atom. The van der Waals surface area contributed by atoms with Gasteiger partial charge in [-0.2, -0.15) is 0 Å². The number of carbonyl (C=O) groups is 1. The number of likely N-dealkylation sites (tertiary alicyclic amines) is 1. The van der Waals surface area contributed by atoms with Crippen LogP contribution in [0.5, 0.6) is 17.2 Å². The van der Waals surface area contributed by atoms with Crippen LogP contribution in [0.2, 0.25) is 0 Å². The van der Waals surface area contributed by atoms with Crippen LogP contribution in [0.3, 0.4) is 0 Å². The number of rotatable bonds is 6. The van der Waals surface area contributed by atoms with Gasteiger partial charge in [0, 0.05) is 37.2 Å². The third kappa shape index (κ3) is 5.55. The summed E-state index contributed by atoms with van der Waals surface area (Å²) in [5.74, 6) is 1.89. The first-order chi connectivity index (χ1) is 16.1. The Kier molecular flexibility index (Phi) is 6.98. The maximum absolute atomic E-state index is 13.3. The van der Waals surface area contributed by atoms with Gasteiger partial charge in [0.2, 0.25) is 0 Å². The SMILES string of the molecule is COc1ccc(OC)c(-c2cccc(OC3CCN(C(=O)Nc4cccc(F)c4)CC3)c2)c1. The molecule has 0 radical (unpaired) electrons. The largest absolute Gasteiger partial charge is 0.497 e. The van der Waals surface area contributed by atoms with Crippen LogP contribution in [0.1, 0.15) is 12.8 Å². The highest BCUT2D eigenvalue weighted by molar-refractivity contribution is 5.89. The molecule has 2 amide bonds. The van der Waals surface area contributed by atoms with Crippen molar-refractivity contribution in [2.75, 3.05) is 32.6 Å². The lowest BCUT2D eigenvalue weighted by molar-refractivity contribution is 0.115. The van der Waals surface area contributed by atoms with E-state index in [1.807, 2.05) is 42.5 Å². The molecular weight excluding hydrogens is 423 g/mol. The number of hydrogen-bond acceptors (Lipinski definition) is 4. The number of piperidine rings is 1. The minimum Gasteiger partial charge on any atom is -0.497 e. The van der Waals surface area contributed by atoms with Crippen molar-refractivity contribution in [3.05, 3.63) is 72.5 Å². The van der Waals surface area contributed by atoms with Gasteiger partial charge < -0.3 is 24.4 Å². The highest BCUT2D eigenvalue weighted by atomic mass is 19.1. The molecule has 0 spiro atoms. The molecule has 6 nitrogen and oxygen atoms in total. The molecule has 1 fully saturated rings. The van der Waals surface area contributed by atoms with Crippen LogP contribution in [0.4, 0.5) is 14.9 Å². The summed E-state index contributed by atoms with van der Waals surface area (Å²) in [4.78, 5) is 14.2. The Morgan fingerprint density at radius 2 is 1.73 bits per heavy atom. The smallest absolute Gasteiger partial charge is 0.321 e. The lowest BCUT2D eigenvalue weighted by atomic mass is 10.0. The minimum absolute atomic E-state index is 0.00525. The fraction of sp³-hybridized carbons (Fsp3) is 0.269. The normalized spacial score (nSPS) is 14.0. The van der Waals surface area contributed by atoms with Crippen molar-refractivity contribution in [3.63, 3.8) is 0 Å². The van der Waals surface area contributed by atoms with E-state index in [1.54, 1.807) is 31.3 Å². The Hall–Kier alpha value is -3.74. The second-order valence-electron chi connectivity index (χ2n) is 7.84. The molecule has 0 atom stereocenters. The molecule has 3 aromatic carbocycles. The number of urea groups is 1. The molecule has 7 heteroatoms. The van der Waals surface area contributed by atoms with Gasteiger partial charge in [-0.05, 0) is 54.1 Å². The topological polar surface area (TPSA) is 60.0 Å². The van der Waals surface area contributed by atoms with Crippen LogP contribution < -0.4 is 19.5 Å². The quantitative estimate of drug-likeness (QED) is 0.532. The lowest BCUT2D eigenvalue weighted by Crippen LogP contribution is -2.43. The standard InChI is InChI=1S/C26H27FN2O4/c1-31-22-9-10-25(32-2)24(17-22)18-5-3-8-23(15-18)33-21-11-13-29(14-12-21)26(30)28-20-7-4-6-19(27)16-20/h3-10,15-17,21H,11-14H2,1-2H3,(H,28,30). The van der Waals surface area contributed by atoms with Gasteiger partial charge in [-0.1, -0.05) is 18.2 Å². The van der Waals surface area contributed by atoms with Crippen LogP contribution in [0.15, 0.2) is 66.7 Å². The van der Waals surface area contributed by atoms with E-state index in [2.05, 4.69) is 5.32 Å². The fourth-order valence-corrected chi connectivity index (χ4v) is 3.91. The van der Waals surface area contributed by atoms with Crippen molar-refractivity contribution in [2.45, 2.75) is 18.9 Å². The van der Waals surface area contributed by atoms with Crippen LogP contribution in [-0.2, 0) is 0 Å². The molecule has 3 aromatic rings. The summed E-state index contributed by atoms with van der Waals surface area (Å²) in [5.41, 5.74) is 2.34. The summed E-state index contributed by atoms with van der Waals surface area (Å²) in [6.45, 7) is 1.13. The molecule has 1 aliphatic rings. The summed E-state index contributed by atoms with van der Waals surface area (Å²) in [6, 6.07) is 19.2. The summed E-state index contributed by atoms with van der Waals surface area (Å²) < 4.78 is 30.4. The predicted molar refractivity (Wildman–Crippen MR) is 126 cm³/mol. The maximum atomic E-state index is 13.3. The number of hydrogen-bond donors (Lipinski definition) is 1. The molecular formula is C26H27FN2O4. The van der Waals surface area contributed by atoms with Gasteiger partial charge >= 0.3 is 6.03 Å². The molecule has 1 heterocycles. The third-order valence-electron chi connectivity index (χ3n) is 5.66. The van der Waals surface area contributed by atoms with Crippen LogP contribution in [0.25, 0.3) is 11.1 Å². The molecule has 0 saturated carbocycles. The highest BCUT2D eigenvalue weighted by Gasteiger charge is 2.24. The van der Waals surface area contributed by atoms with E-state index >= 15 is 0 Å². The Labute approximate surface area is 192 Å². The number of amides is 2. The van der Waals surface area contributed by atoms with Crippen LogP contribution in [-0.4, -0.2) is 44.3 Å². The van der Waals surface area contributed by atoms with Crippen LogP contribution >= 0.6 is 0 Å². The summed E-state index contributed by atoms with van der Waals surface area (Å²) in [6.07, 6.45) is 1.43. The molecule has 1 saturated heterocycles. The molecule has 0 unspecified atom stereocenters. The van der Waals surface area contributed by atoms with Gasteiger partial charge in [0.15, 0.2) is 0 Å². The van der Waals surface area contributed by atoms with Crippen molar-refractivity contribution in [3.8, 4) is 28.4 Å². The van der Waals surface area contributed by atoms with Crippen LogP contribution in [0, 0.1) is 5.82 Å². The lowest BCUT2D eigenvalue weighted by Gasteiger charge is -2.32. The maximum Gasteiger partial charge on any atom is 0.321 e. The number of ether oxygens (including phenoxy) is 3. The van der Waals surface area contributed by atoms with Gasteiger partial charge in [-0.25, -0.2) is 9.18 Å². The summed E-state index contributed by atoms with van der Waals surface area (Å²) in [7, 11) is 3.28. The number of benzene rings is 3. The average Bonchev–Trinajstić information content (AvgIpc) is 2.84. The third-order valence-corrected chi connectivity index (χ3v) is 5.66. The van der Waals surface area contributed by atoms with Gasteiger partial charge in [-0.3, -0.25) is 0 Å². The molecule has 33 heavy (non-hydrogen) atoms. The van der Waals surface area contributed by atoms with Crippen molar-refractivity contribution in [1.29, 1.82) is 0 Å². The second-order valence-corrected chi connectivity index (χ2v) is 7.84. The molecule has 4 rings (SSSR count). The molecule has 1 aliphatic heterocycles. The van der Waals surface area contributed by atoms with Crippen molar-refractivity contribution in [1.82, 2.24) is 4.90 Å². The van der Waals surface area contributed by atoms with Gasteiger partial charge in [0.1, 0.15) is 29.2 Å². The number of carbonyl (C=O) groups excluding carboxylic acids is 1. The molecule has 0 aliphatic carbocycles. The number of methoxy groups -OCH3 is 2. The first-order valence-corrected chi connectivity index (χ1v) is 10.9. The van der Waals surface area contributed by atoms with Crippen molar-refractivity contribution >= 4 is 11.7 Å². The zero-order valence-corrected chi connectivity index (χ0v) is 18.7. The highest BCUT2D eigenvalue weighted by Crippen LogP contribution is 2.35. The summed E-state index contributed by atoms with van der Waals surface area (Å²) in [5, 5.41) is 2.75. The molecule has 172 valence electrons. The van der Waals surface area contributed by atoms with Gasteiger partial charge in [0.05, 0.1) is 14.2 Å². The second kappa shape index (κ2) is 10.3. The van der Waals surface area contributed by atoms with Gasteiger partial charge in [-0.15, -0.1) is 0 Å². The number of anilines is 1. The number of nitrogens with one attached hydrogen (secondary N) is 1. The zero-order chi connectivity index (χ0) is 23.2. The Bertz CT molecular complexity index is 1110. The summed E-state index contributed by atoms with van der Waals surface area (Å²) >= 11 is 0. The minimum atomic E-state index is -0.381. The van der Waals surface area contributed by atoms with E-state index in [0.717, 1.165) is 28.4 Å². The predicted octanol–water partition coefficient (Wildman–Crippen LogP) is 5.59. The van der Waals surface area contributed by atoms with Gasteiger partial charge in [0.25, 0.3) is 0 Å². The zero-order valence-electron chi connectivity index (χ0n) is 18.7.